The SMILES string of the molecule is Cc1cc(Br)c2c(c1)C(CC(=O)O)=CC2. The van der Waals surface area contributed by atoms with Gasteiger partial charge in [-0.25, -0.2) is 0 Å². The Balaban J connectivity index is 2.43. The van der Waals surface area contributed by atoms with Gasteiger partial charge in [0.05, 0.1) is 6.42 Å². The molecule has 0 saturated heterocycles. The molecular weight excluding hydrogens is 256 g/mol. The molecule has 0 saturated carbocycles. The van der Waals surface area contributed by atoms with Gasteiger partial charge in [0.1, 0.15) is 0 Å². The molecule has 1 aromatic rings. The molecular formula is C12H11BrO2. The Bertz CT molecular complexity index is 461. The Kier molecular flexibility index (Phi) is 2.65. The maximum Gasteiger partial charge on any atom is 0.307 e. The zero-order valence-corrected chi connectivity index (χ0v) is 9.97. The minimum absolute atomic E-state index is 0.114. The molecule has 0 bridgehead atoms. The van der Waals surface area contributed by atoms with E-state index in [-0.39, 0.29) is 6.42 Å². The maximum absolute atomic E-state index is 10.7. The molecule has 0 heterocycles. The van der Waals surface area contributed by atoms with E-state index in [1.807, 2.05) is 13.0 Å². The van der Waals surface area contributed by atoms with Gasteiger partial charge in [-0.1, -0.05) is 28.1 Å². The largest absolute Gasteiger partial charge is 0.481 e. The Morgan fingerprint density at radius 3 is 2.93 bits per heavy atom. The first-order valence-corrected chi connectivity index (χ1v) is 5.57. The van der Waals surface area contributed by atoms with Crippen LogP contribution in [-0.4, -0.2) is 11.1 Å². The minimum Gasteiger partial charge on any atom is -0.481 e. The van der Waals surface area contributed by atoms with Gasteiger partial charge in [-0.2, -0.15) is 0 Å². The fraction of sp³-hybridized carbons (Fsp3) is 0.250. The lowest BCUT2D eigenvalue weighted by molar-refractivity contribution is -0.135. The monoisotopic (exact) mass is 266 g/mol. The van der Waals surface area contributed by atoms with Crippen LogP contribution in [0.3, 0.4) is 0 Å². The van der Waals surface area contributed by atoms with E-state index in [1.54, 1.807) is 0 Å². The van der Waals surface area contributed by atoms with E-state index in [0.717, 1.165) is 27.6 Å². The lowest BCUT2D eigenvalue weighted by Crippen LogP contribution is -1.96. The van der Waals surface area contributed by atoms with Crippen molar-refractivity contribution in [2.45, 2.75) is 19.8 Å². The van der Waals surface area contributed by atoms with Crippen LogP contribution >= 0.6 is 15.9 Å². The number of hydrogen-bond donors (Lipinski definition) is 1. The Morgan fingerprint density at radius 2 is 2.27 bits per heavy atom. The van der Waals surface area contributed by atoms with Crippen LogP contribution < -0.4 is 0 Å². The van der Waals surface area contributed by atoms with Crippen LogP contribution in [0, 0.1) is 6.92 Å². The second-order valence-electron chi connectivity index (χ2n) is 3.78. The fourth-order valence-electron chi connectivity index (χ4n) is 1.93. The first-order chi connectivity index (χ1) is 7.08. The van der Waals surface area contributed by atoms with Crippen molar-refractivity contribution in [2.24, 2.45) is 0 Å². The average Bonchev–Trinajstić information content (AvgIpc) is 2.48. The van der Waals surface area contributed by atoms with Gasteiger partial charge in [0.2, 0.25) is 0 Å². The number of allylic oxidation sites excluding steroid dienone is 1. The molecule has 15 heavy (non-hydrogen) atoms. The number of aliphatic carboxylic acids is 1. The van der Waals surface area contributed by atoms with E-state index in [1.165, 1.54) is 5.56 Å². The second kappa shape index (κ2) is 3.81. The van der Waals surface area contributed by atoms with Crippen LogP contribution in [0.25, 0.3) is 5.57 Å². The number of rotatable bonds is 2. The third-order valence-electron chi connectivity index (χ3n) is 2.58. The topological polar surface area (TPSA) is 37.3 Å². The highest BCUT2D eigenvalue weighted by molar-refractivity contribution is 9.10. The molecule has 0 spiro atoms. The van der Waals surface area contributed by atoms with Gasteiger partial charge in [-0.3, -0.25) is 4.79 Å². The van der Waals surface area contributed by atoms with Gasteiger partial charge in [0.25, 0.3) is 0 Å². The van der Waals surface area contributed by atoms with Crippen molar-refractivity contribution >= 4 is 27.5 Å². The van der Waals surface area contributed by atoms with Gasteiger partial charge in [-0.05, 0) is 41.7 Å². The Hall–Kier alpha value is -1.09. The minimum atomic E-state index is -0.772. The summed E-state index contributed by atoms with van der Waals surface area (Å²) in [5, 5.41) is 8.79. The molecule has 0 aromatic heterocycles. The van der Waals surface area contributed by atoms with E-state index < -0.39 is 5.97 Å². The number of carbonyl (C=O) groups is 1. The number of hydrogen-bond acceptors (Lipinski definition) is 1. The average molecular weight is 267 g/mol. The third-order valence-corrected chi connectivity index (χ3v) is 3.29. The molecule has 78 valence electrons. The van der Waals surface area contributed by atoms with E-state index >= 15 is 0 Å². The van der Waals surface area contributed by atoms with Crippen molar-refractivity contribution in [1.82, 2.24) is 0 Å². The Morgan fingerprint density at radius 1 is 1.53 bits per heavy atom. The number of carboxylic acid groups (broad SMARTS) is 1. The normalized spacial score (nSPS) is 13.6. The molecule has 0 amide bonds. The summed E-state index contributed by atoms with van der Waals surface area (Å²) in [5.74, 6) is -0.772. The molecule has 1 aliphatic carbocycles. The first kappa shape index (κ1) is 10.4. The fourth-order valence-corrected chi connectivity index (χ4v) is 2.67. The molecule has 0 radical (unpaired) electrons. The summed E-state index contributed by atoms with van der Waals surface area (Å²) in [5.41, 5.74) is 4.38. The summed E-state index contributed by atoms with van der Waals surface area (Å²) in [6.07, 6.45) is 2.95. The zero-order chi connectivity index (χ0) is 11.0. The summed E-state index contributed by atoms with van der Waals surface area (Å²) < 4.78 is 1.08. The molecule has 3 heteroatoms. The van der Waals surface area contributed by atoms with Gasteiger partial charge in [0, 0.05) is 4.47 Å². The molecule has 1 N–H and O–H groups in total. The molecule has 1 aromatic carbocycles. The van der Waals surface area contributed by atoms with Crippen LogP contribution in [-0.2, 0) is 11.2 Å². The van der Waals surface area contributed by atoms with Gasteiger partial charge < -0.3 is 5.11 Å². The van der Waals surface area contributed by atoms with Gasteiger partial charge >= 0.3 is 5.97 Å². The first-order valence-electron chi connectivity index (χ1n) is 4.78. The maximum atomic E-state index is 10.7. The second-order valence-corrected chi connectivity index (χ2v) is 4.63. The number of halogens is 1. The zero-order valence-electron chi connectivity index (χ0n) is 8.38. The van der Waals surface area contributed by atoms with Crippen molar-refractivity contribution in [3.8, 4) is 0 Å². The summed E-state index contributed by atoms with van der Waals surface area (Å²) >= 11 is 3.51. The lowest BCUT2D eigenvalue weighted by Gasteiger charge is -2.07. The predicted octanol–water partition coefficient (Wildman–Crippen LogP) is 3.17. The molecule has 0 fully saturated rings. The summed E-state index contributed by atoms with van der Waals surface area (Å²) in [7, 11) is 0. The highest BCUT2D eigenvalue weighted by Crippen LogP contribution is 2.35. The predicted molar refractivity (Wildman–Crippen MR) is 62.8 cm³/mol. The molecule has 2 nitrogen and oxygen atoms in total. The van der Waals surface area contributed by atoms with Gasteiger partial charge in [-0.15, -0.1) is 0 Å². The standard InChI is InChI=1S/C12H11BrO2/c1-7-4-10-8(6-12(14)15)2-3-9(10)11(13)5-7/h2,4-5H,3,6H2,1H3,(H,14,15). The van der Waals surface area contributed by atoms with E-state index in [0.29, 0.717) is 0 Å². The molecule has 1 aliphatic rings. The van der Waals surface area contributed by atoms with Crippen molar-refractivity contribution in [3.63, 3.8) is 0 Å². The highest BCUT2D eigenvalue weighted by atomic mass is 79.9. The number of aryl methyl sites for hydroxylation is 1. The van der Waals surface area contributed by atoms with E-state index in [2.05, 4.69) is 28.1 Å². The smallest absolute Gasteiger partial charge is 0.307 e. The molecule has 0 aliphatic heterocycles. The number of benzene rings is 1. The van der Waals surface area contributed by atoms with Crippen LogP contribution in [0.2, 0.25) is 0 Å². The lowest BCUT2D eigenvalue weighted by atomic mass is 10.0. The molecule has 2 rings (SSSR count). The quantitative estimate of drug-likeness (QED) is 0.893. The molecule has 0 unspecified atom stereocenters. The van der Waals surface area contributed by atoms with E-state index in [4.69, 9.17) is 5.11 Å². The molecule has 0 atom stereocenters. The van der Waals surface area contributed by atoms with Crippen molar-refractivity contribution in [2.75, 3.05) is 0 Å². The third kappa shape index (κ3) is 1.97. The van der Waals surface area contributed by atoms with Crippen LogP contribution in [0.5, 0.6) is 0 Å². The highest BCUT2D eigenvalue weighted by Gasteiger charge is 2.18. The Labute approximate surface area is 96.7 Å². The van der Waals surface area contributed by atoms with Crippen LogP contribution in [0.4, 0.5) is 0 Å². The van der Waals surface area contributed by atoms with Gasteiger partial charge in [0.15, 0.2) is 0 Å². The number of carboxylic acids is 1. The van der Waals surface area contributed by atoms with Crippen molar-refractivity contribution in [3.05, 3.63) is 39.4 Å². The van der Waals surface area contributed by atoms with Crippen molar-refractivity contribution < 1.29 is 9.90 Å². The van der Waals surface area contributed by atoms with E-state index in [9.17, 15) is 4.79 Å². The summed E-state index contributed by atoms with van der Waals surface area (Å²) in [6, 6.07) is 4.12. The summed E-state index contributed by atoms with van der Waals surface area (Å²) in [6.45, 7) is 2.02. The number of fused-ring (bicyclic) bond motifs is 1. The van der Waals surface area contributed by atoms with Crippen LogP contribution in [0.15, 0.2) is 22.7 Å². The summed E-state index contributed by atoms with van der Waals surface area (Å²) in [4.78, 5) is 10.7. The van der Waals surface area contributed by atoms with Crippen LogP contribution in [0.1, 0.15) is 23.1 Å². The van der Waals surface area contributed by atoms with Crippen molar-refractivity contribution in [1.29, 1.82) is 0 Å².